The molecule has 3 heterocycles. The second-order valence-corrected chi connectivity index (χ2v) is 5.48. The van der Waals surface area contributed by atoms with Gasteiger partial charge in [-0.25, -0.2) is 0 Å². The van der Waals surface area contributed by atoms with Crippen molar-refractivity contribution >= 4 is 12.2 Å². The highest BCUT2D eigenvalue weighted by Crippen LogP contribution is 2.17. The molecule has 0 bridgehead atoms. The van der Waals surface area contributed by atoms with Gasteiger partial charge in [-0.3, -0.25) is 19.5 Å². The van der Waals surface area contributed by atoms with Gasteiger partial charge in [0.15, 0.2) is 10.6 Å². The van der Waals surface area contributed by atoms with Crippen molar-refractivity contribution in [2.45, 2.75) is 19.6 Å². The summed E-state index contributed by atoms with van der Waals surface area (Å²) in [5.41, 5.74) is 0.952. The number of morpholine rings is 1. The van der Waals surface area contributed by atoms with Crippen LogP contribution in [0.2, 0.25) is 0 Å². The number of rotatable bonds is 4. The van der Waals surface area contributed by atoms with E-state index in [2.05, 4.69) is 27.0 Å². The first-order valence-electron chi connectivity index (χ1n) is 7.17. The zero-order valence-electron chi connectivity index (χ0n) is 12.0. The number of hydrogen-bond acceptors (Lipinski definition) is 5. The molecule has 1 aliphatic rings. The topological polar surface area (TPSA) is 59.0 Å². The molecule has 0 spiro atoms. The number of aromatic nitrogens is 4. The minimum atomic E-state index is 0.137. The van der Waals surface area contributed by atoms with Gasteiger partial charge in [0.05, 0.1) is 19.3 Å². The van der Waals surface area contributed by atoms with Crippen LogP contribution in [0.25, 0.3) is 11.4 Å². The molecule has 7 heteroatoms. The lowest BCUT2D eigenvalue weighted by molar-refractivity contribution is -0.0343. The van der Waals surface area contributed by atoms with Gasteiger partial charge in [0.25, 0.3) is 0 Å². The van der Waals surface area contributed by atoms with Gasteiger partial charge in [0.1, 0.15) is 0 Å². The Balaban J connectivity index is 1.83. The Bertz CT molecular complexity index is 638. The Hall–Kier alpha value is -1.57. The molecule has 0 aliphatic carbocycles. The quantitative estimate of drug-likeness (QED) is 0.872. The highest BCUT2D eigenvalue weighted by Gasteiger charge is 2.21. The molecule has 0 aromatic carbocycles. The summed E-state index contributed by atoms with van der Waals surface area (Å²) in [7, 11) is 0. The number of hydrogen-bond donors (Lipinski definition) is 1. The van der Waals surface area contributed by atoms with Crippen molar-refractivity contribution in [2.24, 2.45) is 0 Å². The highest BCUT2D eigenvalue weighted by molar-refractivity contribution is 7.71. The van der Waals surface area contributed by atoms with Gasteiger partial charge in [-0.1, -0.05) is 6.92 Å². The van der Waals surface area contributed by atoms with Crippen LogP contribution < -0.4 is 0 Å². The first-order valence-corrected chi connectivity index (χ1v) is 7.58. The zero-order chi connectivity index (χ0) is 14.7. The van der Waals surface area contributed by atoms with Crippen molar-refractivity contribution < 1.29 is 4.74 Å². The van der Waals surface area contributed by atoms with Crippen LogP contribution in [0.5, 0.6) is 0 Å². The summed E-state index contributed by atoms with van der Waals surface area (Å²) < 4.78 is 8.48. The van der Waals surface area contributed by atoms with E-state index in [9.17, 15) is 0 Å². The first-order chi connectivity index (χ1) is 10.3. The maximum Gasteiger partial charge on any atom is 0.195 e. The third-order valence-electron chi connectivity index (χ3n) is 3.73. The van der Waals surface area contributed by atoms with Gasteiger partial charge >= 0.3 is 0 Å². The van der Waals surface area contributed by atoms with Crippen molar-refractivity contribution in [3.05, 3.63) is 29.3 Å². The standard InChI is InChI=1S/C14H19N5OS/c1-2-18-6-7-20-12(9-18)10-19-13(16-17-14(19)21)11-4-3-5-15-8-11/h3-5,8,12H,2,6-7,9-10H2,1H3,(H,17,21). The Morgan fingerprint density at radius 3 is 3.19 bits per heavy atom. The fourth-order valence-electron chi connectivity index (χ4n) is 2.58. The fraction of sp³-hybridized carbons (Fsp3) is 0.500. The van der Waals surface area contributed by atoms with Crippen molar-refractivity contribution in [2.75, 3.05) is 26.2 Å². The lowest BCUT2D eigenvalue weighted by Crippen LogP contribution is -2.44. The van der Waals surface area contributed by atoms with Gasteiger partial charge in [0.2, 0.25) is 0 Å². The van der Waals surface area contributed by atoms with Crippen molar-refractivity contribution in [3.8, 4) is 11.4 Å². The molecule has 1 atom stereocenters. The van der Waals surface area contributed by atoms with Crippen LogP contribution in [-0.2, 0) is 11.3 Å². The average Bonchev–Trinajstić information content (AvgIpc) is 2.89. The summed E-state index contributed by atoms with van der Waals surface area (Å²) in [6, 6.07) is 3.88. The monoisotopic (exact) mass is 305 g/mol. The minimum absolute atomic E-state index is 0.137. The Labute approximate surface area is 128 Å². The molecule has 1 unspecified atom stereocenters. The molecule has 21 heavy (non-hydrogen) atoms. The predicted molar refractivity (Wildman–Crippen MR) is 82.5 cm³/mol. The Kier molecular flexibility index (Phi) is 4.42. The number of likely N-dealkylation sites (N-methyl/N-ethyl adjacent to an activating group) is 1. The van der Waals surface area contributed by atoms with Crippen molar-refractivity contribution in [3.63, 3.8) is 0 Å². The second kappa shape index (κ2) is 6.46. The van der Waals surface area contributed by atoms with Crippen LogP contribution in [0.1, 0.15) is 6.92 Å². The number of nitrogens with one attached hydrogen (secondary N) is 1. The van der Waals surface area contributed by atoms with E-state index in [1.165, 1.54) is 0 Å². The Morgan fingerprint density at radius 1 is 1.52 bits per heavy atom. The number of H-pyrrole nitrogens is 1. The van der Waals surface area contributed by atoms with Gasteiger partial charge in [-0.15, -0.1) is 0 Å². The van der Waals surface area contributed by atoms with E-state index in [4.69, 9.17) is 17.0 Å². The average molecular weight is 305 g/mol. The lowest BCUT2D eigenvalue weighted by atomic mass is 10.2. The molecule has 0 saturated carbocycles. The molecule has 1 N–H and O–H groups in total. The van der Waals surface area contributed by atoms with Gasteiger partial charge < -0.3 is 4.74 Å². The minimum Gasteiger partial charge on any atom is -0.374 e. The summed E-state index contributed by atoms with van der Waals surface area (Å²) in [6.07, 6.45) is 3.68. The first kappa shape index (κ1) is 14.4. The second-order valence-electron chi connectivity index (χ2n) is 5.09. The van der Waals surface area contributed by atoms with Crippen LogP contribution in [0, 0.1) is 4.77 Å². The van der Waals surface area contributed by atoms with Crippen LogP contribution in [0.3, 0.4) is 0 Å². The fourth-order valence-corrected chi connectivity index (χ4v) is 2.79. The van der Waals surface area contributed by atoms with E-state index in [-0.39, 0.29) is 6.10 Å². The molecule has 3 rings (SSSR count). The summed E-state index contributed by atoms with van der Waals surface area (Å²) in [5.74, 6) is 0.810. The predicted octanol–water partition coefficient (Wildman–Crippen LogP) is 1.72. The molecule has 0 radical (unpaired) electrons. The summed E-state index contributed by atoms with van der Waals surface area (Å²) >= 11 is 5.35. The van der Waals surface area contributed by atoms with Crippen molar-refractivity contribution in [1.29, 1.82) is 0 Å². The smallest absolute Gasteiger partial charge is 0.195 e. The number of ether oxygens (including phenoxy) is 1. The highest BCUT2D eigenvalue weighted by atomic mass is 32.1. The third-order valence-corrected chi connectivity index (χ3v) is 4.05. The van der Waals surface area contributed by atoms with E-state index in [1.807, 2.05) is 16.7 Å². The number of aromatic amines is 1. The molecule has 2 aromatic rings. The van der Waals surface area contributed by atoms with E-state index >= 15 is 0 Å². The van der Waals surface area contributed by atoms with Gasteiger partial charge in [-0.2, -0.15) is 5.10 Å². The lowest BCUT2D eigenvalue weighted by Gasteiger charge is -2.32. The molecule has 1 fully saturated rings. The zero-order valence-corrected chi connectivity index (χ0v) is 12.8. The van der Waals surface area contributed by atoms with E-state index < -0.39 is 0 Å². The largest absolute Gasteiger partial charge is 0.374 e. The molecule has 6 nitrogen and oxygen atoms in total. The van der Waals surface area contributed by atoms with Crippen LogP contribution in [-0.4, -0.2) is 57.0 Å². The van der Waals surface area contributed by atoms with E-state index in [1.54, 1.807) is 12.4 Å². The van der Waals surface area contributed by atoms with Gasteiger partial charge in [-0.05, 0) is 30.9 Å². The van der Waals surface area contributed by atoms with Crippen molar-refractivity contribution in [1.82, 2.24) is 24.6 Å². The normalized spacial score (nSPS) is 19.8. The maximum atomic E-state index is 5.86. The molecule has 2 aromatic heterocycles. The van der Waals surface area contributed by atoms with Crippen LogP contribution in [0.15, 0.2) is 24.5 Å². The molecule has 0 amide bonds. The van der Waals surface area contributed by atoms with Gasteiger partial charge in [0, 0.05) is 31.0 Å². The third kappa shape index (κ3) is 3.20. The van der Waals surface area contributed by atoms with E-state index in [0.29, 0.717) is 11.3 Å². The van der Waals surface area contributed by atoms with Crippen LogP contribution >= 0.6 is 12.2 Å². The summed E-state index contributed by atoms with van der Waals surface area (Å²) in [6.45, 7) is 6.62. The number of pyridine rings is 1. The summed E-state index contributed by atoms with van der Waals surface area (Å²) in [4.78, 5) is 6.53. The molecule has 1 aliphatic heterocycles. The SMILES string of the molecule is CCN1CCOC(Cn2c(-c3cccnc3)n[nH]c2=S)C1. The molecule has 112 valence electrons. The Morgan fingerprint density at radius 2 is 2.43 bits per heavy atom. The number of nitrogens with zero attached hydrogens (tertiary/aromatic N) is 4. The summed E-state index contributed by atoms with van der Waals surface area (Å²) in [5, 5.41) is 7.20. The van der Waals surface area contributed by atoms with E-state index in [0.717, 1.165) is 37.6 Å². The molecular formula is C14H19N5OS. The molecular weight excluding hydrogens is 286 g/mol. The maximum absolute atomic E-state index is 5.86. The molecule has 1 saturated heterocycles. The van der Waals surface area contributed by atoms with Crippen LogP contribution in [0.4, 0.5) is 0 Å².